The Kier molecular flexibility index (Phi) is 3.17. The minimum absolute atomic E-state index is 0.150. The fraction of sp³-hybridized carbons (Fsp3) is 0.444. The topological polar surface area (TPSA) is 33.1 Å². The first kappa shape index (κ1) is 9.13. The largest absolute Gasteiger partial charge is 0.396 e. The number of halogens is 1. The molecule has 0 spiro atoms. The number of pyridine rings is 1. The van der Waals surface area contributed by atoms with Crippen LogP contribution in [0.1, 0.15) is 12.5 Å². The zero-order valence-electron chi connectivity index (χ0n) is 7.00. The molecular weight excluding hydrogens is 157 g/mol. The van der Waals surface area contributed by atoms with Crippen molar-refractivity contribution in [2.75, 3.05) is 6.61 Å². The lowest BCUT2D eigenvalue weighted by Crippen LogP contribution is -2.04. The molecule has 0 unspecified atom stereocenters. The average Bonchev–Trinajstić information content (AvgIpc) is 2.09. The number of aromatic nitrogens is 1. The summed E-state index contributed by atoms with van der Waals surface area (Å²) in [5.41, 5.74) is 0.956. The van der Waals surface area contributed by atoms with E-state index >= 15 is 0 Å². The van der Waals surface area contributed by atoms with E-state index in [9.17, 15) is 4.39 Å². The quantitative estimate of drug-likeness (QED) is 0.693. The van der Waals surface area contributed by atoms with Gasteiger partial charge in [0.25, 0.3) is 0 Å². The zero-order valence-corrected chi connectivity index (χ0v) is 7.00. The van der Waals surface area contributed by atoms with Crippen LogP contribution in [-0.4, -0.2) is 16.7 Å². The Hall–Kier alpha value is -0.960. The van der Waals surface area contributed by atoms with Crippen LogP contribution in [0.5, 0.6) is 0 Å². The third kappa shape index (κ3) is 2.58. The van der Waals surface area contributed by atoms with E-state index in [2.05, 4.69) is 4.98 Å². The van der Waals surface area contributed by atoms with E-state index in [0.717, 1.165) is 12.0 Å². The molecule has 0 aromatic carbocycles. The molecule has 66 valence electrons. The van der Waals surface area contributed by atoms with Gasteiger partial charge in [-0.2, -0.15) is 4.39 Å². The van der Waals surface area contributed by atoms with E-state index in [1.54, 1.807) is 6.07 Å². The first-order valence-electron chi connectivity index (χ1n) is 3.93. The van der Waals surface area contributed by atoms with Gasteiger partial charge in [0.15, 0.2) is 0 Å². The van der Waals surface area contributed by atoms with Crippen molar-refractivity contribution in [2.45, 2.75) is 13.3 Å². The summed E-state index contributed by atoms with van der Waals surface area (Å²) in [5.74, 6) is -0.257. The van der Waals surface area contributed by atoms with Gasteiger partial charge in [-0.25, -0.2) is 4.98 Å². The molecule has 0 bridgehead atoms. The molecule has 0 aliphatic carbocycles. The Bertz CT molecular complexity index is 235. The Morgan fingerprint density at radius 3 is 2.83 bits per heavy atom. The van der Waals surface area contributed by atoms with Crippen LogP contribution in [0.3, 0.4) is 0 Å². The highest BCUT2D eigenvalue weighted by Gasteiger charge is 2.01. The summed E-state index contributed by atoms with van der Waals surface area (Å²) in [6.07, 6.45) is 2.24. The van der Waals surface area contributed by atoms with Crippen LogP contribution in [0.4, 0.5) is 4.39 Å². The van der Waals surface area contributed by atoms with Gasteiger partial charge in [0.2, 0.25) is 5.95 Å². The molecule has 0 fully saturated rings. The number of aliphatic hydroxyl groups excluding tert-OH is 1. The molecule has 1 aromatic heterocycles. The van der Waals surface area contributed by atoms with Crippen LogP contribution in [0, 0.1) is 11.9 Å². The number of hydrogen-bond acceptors (Lipinski definition) is 2. The van der Waals surface area contributed by atoms with E-state index in [0.29, 0.717) is 0 Å². The van der Waals surface area contributed by atoms with E-state index in [1.807, 2.05) is 6.92 Å². The molecule has 1 aromatic rings. The molecule has 0 saturated carbocycles. The molecule has 2 nitrogen and oxygen atoms in total. The van der Waals surface area contributed by atoms with Crippen LogP contribution < -0.4 is 0 Å². The Morgan fingerprint density at radius 1 is 1.58 bits per heavy atom. The fourth-order valence-electron chi connectivity index (χ4n) is 0.994. The molecule has 0 amide bonds. The van der Waals surface area contributed by atoms with Crippen molar-refractivity contribution in [3.63, 3.8) is 0 Å². The monoisotopic (exact) mass is 169 g/mol. The van der Waals surface area contributed by atoms with Crippen molar-refractivity contribution >= 4 is 0 Å². The highest BCUT2D eigenvalue weighted by molar-refractivity contribution is 5.09. The SMILES string of the molecule is C[C@H](CO)Cc1ccc(F)nc1. The van der Waals surface area contributed by atoms with Crippen molar-refractivity contribution in [1.29, 1.82) is 0 Å². The maximum Gasteiger partial charge on any atom is 0.212 e. The smallest absolute Gasteiger partial charge is 0.212 e. The lowest BCUT2D eigenvalue weighted by atomic mass is 10.0. The molecule has 3 heteroatoms. The summed E-state index contributed by atoms with van der Waals surface area (Å²) in [4.78, 5) is 3.52. The second-order valence-corrected chi connectivity index (χ2v) is 2.98. The van der Waals surface area contributed by atoms with Gasteiger partial charge in [-0.3, -0.25) is 0 Å². The van der Waals surface area contributed by atoms with Crippen molar-refractivity contribution < 1.29 is 9.50 Å². The summed E-state index contributed by atoms with van der Waals surface area (Å²) in [5, 5.41) is 8.76. The maximum absolute atomic E-state index is 12.3. The molecule has 0 radical (unpaired) electrons. The molecule has 12 heavy (non-hydrogen) atoms. The van der Waals surface area contributed by atoms with Gasteiger partial charge in [0.05, 0.1) is 0 Å². The molecule has 1 N–H and O–H groups in total. The van der Waals surface area contributed by atoms with Crippen LogP contribution in [0.25, 0.3) is 0 Å². The predicted molar refractivity (Wildman–Crippen MR) is 44.1 cm³/mol. The molecule has 1 atom stereocenters. The van der Waals surface area contributed by atoms with Gasteiger partial charge in [0.1, 0.15) is 0 Å². The summed E-state index contributed by atoms with van der Waals surface area (Å²) in [6, 6.07) is 3.02. The molecular formula is C9H12FNO. The van der Waals surface area contributed by atoms with Gasteiger partial charge >= 0.3 is 0 Å². The van der Waals surface area contributed by atoms with Crippen LogP contribution in [0.15, 0.2) is 18.3 Å². The third-order valence-corrected chi connectivity index (χ3v) is 1.68. The van der Waals surface area contributed by atoms with Crippen molar-refractivity contribution in [2.24, 2.45) is 5.92 Å². The highest BCUT2D eigenvalue weighted by atomic mass is 19.1. The summed E-state index contributed by atoms with van der Waals surface area (Å²) in [6.45, 7) is 2.08. The van der Waals surface area contributed by atoms with Crippen LogP contribution in [-0.2, 0) is 6.42 Å². The molecule has 0 aliphatic heterocycles. The van der Waals surface area contributed by atoms with Crippen molar-refractivity contribution in [3.8, 4) is 0 Å². The van der Waals surface area contributed by atoms with E-state index in [4.69, 9.17) is 5.11 Å². The lowest BCUT2D eigenvalue weighted by Gasteiger charge is -2.06. The van der Waals surface area contributed by atoms with Crippen LogP contribution >= 0.6 is 0 Å². The van der Waals surface area contributed by atoms with Gasteiger partial charge in [-0.05, 0) is 24.0 Å². The van der Waals surface area contributed by atoms with Crippen molar-refractivity contribution in [1.82, 2.24) is 4.98 Å². The number of nitrogens with zero attached hydrogens (tertiary/aromatic N) is 1. The van der Waals surface area contributed by atoms with Gasteiger partial charge in [0, 0.05) is 12.8 Å². The van der Waals surface area contributed by atoms with E-state index in [1.165, 1.54) is 12.3 Å². The van der Waals surface area contributed by atoms with Crippen LogP contribution in [0.2, 0.25) is 0 Å². The number of hydrogen-bond donors (Lipinski definition) is 1. The van der Waals surface area contributed by atoms with Gasteiger partial charge < -0.3 is 5.11 Å². The Morgan fingerprint density at radius 2 is 2.33 bits per heavy atom. The summed E-state index contributed by atoms with van der Waals surface area (Å²) in [7, 11) is 0. The van der Waals surface area contributed by atoms with Gasteiger partial charge in [-0.15, -0.1) is 0 Å². The second-order valence-electron chi connectivity index (χ2n) is 2.98. The normalized spacial score (nSPS) is 12.9. The molecule has 1 heterocycles. The molecule has 0 aliphatic rings. The maximum atomic E-state index is 12.3. The number of aliphatic hydroxyl groups is 1. The standard InChI is InChI=1S/C9H12FNO/c1-7(6-12)4-8-2-3-9(10)11-5-8/h2-3,5,7,12H,4,6H2,1H3/t7-/m0/s1. The summed E-state index contributed by atoms with van der Waals surface area (Å²) < 4.78 is 12.3. The lowest BCUT2D eigenvalue weighted by molar-refractivity contribution is 0.237. The third-order valence-electron chi connectivity index (χ3n) is 1.68. The minimum Gasteiger partial charge on any atom is -0.396 e. The first-order valence-corrected chi connectivity index (χ1v) is 3.93. The molecule has 1 rings (SSSR count). The second kappa shape index (κ2) is 4.16. The highest BCUT2D eigenvalue weighted by Crippen LogP contribution is 2.06. The number of rotatable bonds is 3. The van der Waals surface area contributed by atoms with Crippen molar-refractivity contribution in [3.05, 3.63) is 29.8 Å². The summed E-state index contributed by atoms with van der Waals surface area (Å²) >= 11 is 0. The van der Waals surface area contributed by atoms with E-state index in [-0.39, 0.29) is 12.5 Å². The van der Waals surface area contributed by atoms with E-state index < -0.39 is 5.95 Å². The van der Waals surface area contributed by atoms with Gasteiger partial charge in [-0.1, -0.05) is 13.0 Å². The zero-order chi connectivity index (χ0) is 8.97. The Labute approximate surface area is 71.1 Å². The Balaban J connectivity index is 2.58. The predicted octanol–water partition coefficient (Wildman–Crippen LogP) is 1.39. The average molecular weight is 169 g/mol. The first-order chi connectivity index (χ1) is 5.72. The fourth-order valence-corrected chi connectivity index (χ4v) is 0.994. The minimum atomic E-state index is -0.463. The molecule has 0 saturated heterocycles.